The minimum Gasteiger partial charge on any atom is -0.313 e. The Balaban J connectivity index is 1.95. The predicted octanol–water partition coefficient (Wildman–Crippen LogP) is 1.90. The van der Waals surface area contributed by atoms with Crippen molar-refractivity contribution in [3.8, 4) is 0 Å². The molecule has 4 nitrogen and oxygen atoms in total. The number of sulfonamides is 1. The van der Waals surface area contributed by atoms with Crippen LogP contribution in [-0.2, 0) is 10.0 Å². The van der Waals surface area contributed by atoms with Crippen LogP contribution in [0.3, 0.4) is 0 Å². The molecule has 1 saturated carbocycles. The maximum Gasteiger partial charge on any atom is 0.235 e. The number of hydrogen-bond acceptors (Lipinski definition) is 3. The van der Waals surface area contributed by atoms with Gasteiger partial charge in [-0.2, -0.15) is 0 Å². The summed E-state index contributed by atoms with van der Waals surface area (Å²) in [4.78, 5) is 0. The lowest BCUT2D eigenvalue weighted by Gasteiger charge is -2.34. The molecule has 0 aromatic heterocycles. The summed E-state index contributed by atoms with van der Waals surface area (Å²) < 4.78 is 26.6. The molecule has 1 heterocycles. The number of benzene rings is 1. The molecule has 5 heteroatoms. The van der Waals surface area contributed by atoms with Crippen LogP contribution in [0.25, 0.3) is 0 Å². The molecule has 104 valence electrons. The molecule has 0 amide bonds. The van der Waals surface area contributed by atoms with Crippen molar-refractivity contribution in [1.29, 1.82) is 0 Å². The third kappa shape index (κ3) is 2.49. The van der Waals surface area contributed by atoms with Crippen LogP contribution in [0.1, 0.15) is 30.9 Å². The van der Waals surface area contributed by atoms with Gasteiger partial charge in [-0.1, -0.05) is 18.2 Å². The van der Waals surface area contributed by atoms with E-state index >= 15 is 0 Å². The number of nitrogens with zero attached hydrogens (tertiary/aromatic N) is 1. The van der Waals surface area contributed by atoms with E-state index in [0.29, 0.717) is 18.2 Å². The molecule has 3 rings (SSSR count). The smallest absolute Gasteiger partial charge is 0.235 e. The second-order valence-corrected chi connectivity index (χ2v) is 7.42. The number of nitrogens with one attached hydrogen (secondary N) is 1. The minimum atomic E-state index is -3.16. The average Bonchev–Trinajstić information content (AvgIpc) is 3.20. The lowest BCUT2D eigenvalue weighted by Crippen LogP contribution is -2.40. The van der Waals surface area contributed by atoms with Crippen molar-refractivity contribution in [2.45, 2.75) is 25.3 Å². The standard InChI is InChI=1S/C14H20N2O2S/c1-15-13-8-9-16(14-5-3-2-4-12(13)14)19(17,18)10-11-6-7-11/h2-5,11,13,15H,6-10H2,1H3. The molecule has 0 radical (unpaired) electrons. The van der Waals surface area contributed by atoms with Crippen LogP contribution in [0.15, 0.2) is 24.3 Å². The van der Waals surface area contributed by atoms with Gasteiger partial charge in [0.2, 0.25) is 10.0 Å². The Hall–Kier alpha value is -1.07. The lowest BCUT2D eigenvalue weighted by atomic mass is 9.98. The van der Waals surface area contributed by atoms with Crippen molar-refractivity contribution in [3.05, 3.63) is 29.8 Å². The summed E-state index contributed by atoms with van der Waals surface area (Å²) in [5, 5.41) is 3.26. The Morgan fingerprint density at radius 1 is 1.26 bits per heavy atom. The summed E-state index contributed by atoms with van der Waals surface area (Å²) >= 11 is 0. The molecule has 1 unspecified atom stereocenters. The Morgan fingerprint density at radius 3 is 2.68 bits per heavy atom. The highest BCUT2D eigenvalue weighted by Crippen LogP contribution is 2.37. The van der Waals surface area contributed by atoms with Gasteiger partial charge in [-0.15, -0.1) is 0 Å². The summed E-state index contributed by atoms with van der Waals surface area (Å²) in [7, 11) is -1.23. The van der Waals surface area contributed by atoms with Gasteiger partial charge in [0.15, 0.2) is 0 Å². The van der Waals surface area contributed by atoms with Gasteiger partial charge in [0.05, 0.1) is 11.4 Å². The number of hydrogen-bond donors (Lipinski definition) is 1. The lowest BCUT2D eigenvalue weighted by molar-refractivity contribution is 0.527. The van der Waals surface area contributed by atoms with Crippen LogP contribution in [0.2, 0.25) is 0 Å². The van der Waals surface area contributed by atoms with Crippen molar-refractivity contribution >= 4 is 15.7 Å². The normalized spacial score (nSPS) is 23.2. The van der Waals surface area contributed by atoms with E-state index in [2.05, 4.69) is 5.32 Å². The highest BCUT2D eigenvalue weighted by molar-refractivity contribution is 7.92. The zero-order chi connectivity index (χ0) is 13.5. The fourth-order valence-electron chi connectivity index (χ4n) is 2.79. The van der Waals surface area contributed by atoms with E-state index in [1.165, 1.54) is 0 Å². The average molecular weight is 280 g/mol. The van der Waals surface area contributed by atoms with Gasteiger partial charge >= 0.3 is 0 Å². The Kier molecular flexibility index (Phi) is 3.27. The molecule has 2 aliphatic rings. The topological polar surface area (TPSA) is 49.4 Å². The Bertz CT molecular complexity index is 567. The molecule has 0 saturated heterocycles. The van der Waals surface area contributed by atoms with Crippen molar-refractivity contribution in [3.63, 3.8) is 0 Å². The maximum absolute atomic E-state index is 12.5. The summed E-state index contributed by atoms with van der Waals surface area (Å²) in [5.74, 6) is 0.699. The molecule has 1 aliphatic heterocycles. The van der Waals surface area contributed by atoms with Crippen LogP contribution in [0, 0.1) is 5.92 Å². The van der Waals surface area contributed by atoms with E-state index in [0.717, 1.165) is 30.5 Å². The van der Waals surface area contributed by atoms with Crippen LogP contribution < -0.4 is 9.62 Å². The first-order chi connectivity index (χ1) is 9.12. The molecule has 1 aromatic carbocycles. The second kappa shape index (κ2) is 4.80. The fraction of sp³-hybridized carbons (Fsp3) is 0.571. The van der Waals surface area contributed by atoms with E-state index in [9.17, 15) is 8.42 Å². The first-order valence-corrected chi connectivity index (χ1v) is 8.49. The number of para-hydroxylation sites is 1. The van der Waals surface area contributed by atoms with E-state index < -0.39 is 10.0 Å². The van der Waals surface area contributed by atoms with Crippen LogP contribution in [0.4, 0.5) is 5.69 Å². The summed E-state index contributed by atoms with van der Waals surface area (Å²) in [5.41, 5.74) is 1.95. The highest BCUT2D eigenvalue weighted by Gasteiger charge is 2.35. The van der Waals surface area contributed by atoms with Crippen LogP contribution in [-0.4, -0.2) is 27.8 Å². The Morgan fingerprint density at radius 2 is 2.00 bits per heavy atom. The van der Waals surface area contributed by atoms with Crippen molar-refractivity contribution in [2.24, 2.45) is 5.92 Å². The van der Waals surface area contributed by atoms with Gasteiger partial charge < -0.3 is 5.32 Å². The third-order valence-electron chi connectivity index (χ3n) is 4.03. The molecule has 1 aliphatic carbocycles. The van der Waals surface area contributed by atoms with Gasteiger partial charge in [-0.25, -0.2) is 8.42 Å². The first kappa shape index (κ1) is 12.9. The highest BCUT2D eigenvalue weighted by atomic mass is 32.2. The van der Waals surface area contributed by atoms with Crippen molar-refractivity contribution in [2.75, 3.05) is 23.7 Å². The van der Waals surface area contributed by atoms with Gasteiger partial charge in [0, 0.05) is 12.6 Å². The molecule has 1 N–H and O–H groups in total. The van der Waals surface area contributed by atoms with Gasteiger partial charge in [-0.05, 0) is 43.9 Å². The molecule has 0 bridgehead atoms. The van der Waals surface area contributed by atoms with E-state index in [1.807, 2.05) is 31.3 Å². The molecule has 0 spiro atoms. The van der Waals surface area contributed by atoms with Gasteiger partial charge in [0.1, 0.15) is 0 Å². The molecule has 1 atom stereocenters. The molecule has 1 fully saturated rings. The fourth-order valence-corrected chi connectivity index (χ4v) is 4.75. The largest absolute Gasteiger partial charge is 0.313 e. The monoisotopic (exact) mass is 280 g/mol. The first-order valence-electron chi connectivity index (χ1n) is 6.88. The van der Waals surface area contributed by atoms with Gasteiger partial charge in [0.25, 0.3) is 0 Å². The summed E-state index contributed by atoms with van der Waals surface area (Å²) in [6.07, 6.45) is 2.96. The number of fused-ring (bicyclic) bond motifs is 1. The zero-order valence-corrected chi connectivity index (χ0v) is 12.0. The SMILES string of the molecule is CNC1CCN(S(=O)(=O)CC2CC2)c2ccccc21. The second-order valence-electron chi connectivity index (χ2n) is 5.48. The maximum atomic E-state index is 12.5. The Labute approximate surface area is 114 Å². The number of anilines is 1. The van der Waals surface area contributed by atoms with Crippen LogP contribution in [0.5, 0.6) is 0 Å². The number of rotatable bonds is 4. The molecular weight excluding hydrogens is 260 g/mol. The van der Waals surface area contributed by atoms with Crippen molar-refractivity contribution < 1.29 is 8.42 Å². The van der Waals surface area contributed by atoms with Crippen LogP contribution >= 0.6 is 0 Å². The quantitative estimate of drug-likeness (QED) is 0.916. The van der Waals surface area contributed by atoms with E-state index in [4.69, 9.17) is 0 Å². The van der Waals surface area contributed by atoms with E-state index in [-0.39, 0.29) is 6.04 Å². The predicted molar refractivity (Wildman–Crippen MR) is 76.7 cm³/mol. The molecular formula is C14H20N2O2S. The summed E-state index contributed by atoms with van der Waals surface area (Å²) in [6, 6.07) is 8.08. The van der Waals surface area contributed by atoms with Gasteiger partial charge in [-0.3, -0.25) is 4.31 Å². The minimum absolute atomic E-state index is 0.253. The molecule has 19 heavy (non-hydrogen) atoms. The molecule has 1 aromatic rings. The third-order valence-corrected chi connectivity index (χ3v) is 5.97. The zero-order valence-electron chi connectivity index (χ0n) is 11.2. The summed E-state index contributed by atoms with van der Waals surface area (Å²) in [6.45, 7) is 0.581. The van der Waals surface area contributed by atoms with Crippen molar-refractivity contribution in [1.82, 2.24) is 5.32 Å². The van der Waals surface area contributed by atoms with E-state index in [1.54, 1.807) is 4.31 Å².